The molecule has 1 amide bonds. The Labute approximate surface area is 127 Å². The zero-order chi connectivity index (χ0) is 15.2. The second-order valence-corrected chi connectivity index (χ2v) is 7.34. The number of benzene rings is 1. The van der Waals surface area contributed by atoms with Crippen LogP contribution in [0.1, 0.15) is 38.2 Å². The van der Waals surface area contributed by atoms with Crippen molar-refractivity contribution < 1.29 is 13.4 Å². The topological polar surface area (TPSA) is 46.2 Å². The summed E-state index contributed by atoms with van der Waals surface area (Å²) in [7, 11) is -1.25. The van der Waals surface area contributed by atoms with Crippen LogP contribution in [0.5, 0.6) is 0 Å². The summed E-state index contributed by atoms with van der Waals surface area (Å²) in [5.41, 5.74) is 0.786. The van der Waals surface area contributed by atoms with Crippen LogP contribution in [0.2, 0.25) is 0 Å². The molecule has 3 nitrogen and oxygen atoms in total. The largest absolute Gasteiger partial charge is 0.353 e. The highest BCUT2D eigenvalue weighted by Crippen LogP contribution is 2.23. The molecule has 1 aromatic carbocycles. The van der Waals surface area contributed by atoms with Gasteiger partial charge in [-0.15, -0.1) is 0 Å². The number of halogens is 1. The van der Waals surface area contributed by atoms with E-state index in [1.165, 1.54) is 12.1 Å². The lowest BCUT2D eigenvalue weighted by molar-refractivity contribution is -0.119. The Bertz CT molecular complexity index is 496. The van der Waals surface area contributed by atoms with Crippen molar-refractivity contribution in [1.82, 2.24) is 5.32 Å². The summed E-state index contributed by atoms with van der Waals surface area (Å²) in [5.74, 6) is 0.591. The number of carbonyl (C=O) groups is 1. The number of amides is 1. The fraction of sp³-hybridized carbons (Fsp3) is 0.562. The first-order chi connectivity index (χ1) is 10.0. The van der Waals surface area contributed by atoms with E-state index in [4.69, 9.17) is 0 Å². The van der Waals surface area contributed by atoms with Gasteiger partial charge in [0.2, 0.25) is 5.91 Å². The molecule has 0 saturated heterocycles. The molecular formula is C16H22FNO2S. The van der Waals surface area contributed by atoms with E-state index in [0.29, 0.717) is 0 Å². The molecule has 0 bridgehead atoms. The van der Waals surface area contributed by atoms with Gasteiger partial charge in [0.15, 0.2) is 0 Å². The van der Waals surface area contributed by atoms with E-state index in [1.54, 1.807) is 12.1 Å². The van der Waals surface area contributed by atoms with Gasteiger partial charge in [-0.05, 0) is 49.3 Å². The maximum absolute atomic E-state index is 12.8. The molecule has 1 atom stereocenters. The summed E-state index contributed by atoms with van der Waals surface area (Å²) >= 11 is 0. The maximum atomic E-state index is 12.8. The molecule has 0 radical (unpaired) electrons. The molecule has 2 rings (SSSR count). The minimum atomic E-state index is -1.25. The van der Waals surface area contributed by atoms with Crippen LogP contribution >= 0.6 is 0 Å². The molecule has 116 valence electrons. The van der Waals surface area contributed by atoms with Gasteiger partial charge in [-0.1, -0.05) is 19.1 Å². The van der Waals surface area contributed by atoms with Crippen molar-refractivity contribution in [2.75, 3.05) is 5.75 Å². The van der Waals surface area contributed by atoms with Gasteiger partial charge in [-0.3, -0.25) is 9.00 Å². The van der Waals surface area contributed by atoms with Crippen LogP contribution in [0.3, 0.4) is 0 Å². The van der Waals surface area contributed by atoms with Gasteiger partial charge in [-0.25, -0.2) is 4.39 Å². The normalized spacial score (nSPS) is 23.5. The lowest BCUT2D eigenvalue weighted by Gasteiger charge is -2.26. The average molecular weight is 311 g/mol. The number of rotatable bonds is 5. The zero-order valence-electron chi connectivity index (χ0n) is 12.3. The molecular weight excluding hydrogens is 289 g/mol. The van der Waals surface area contributed by atoms with Crippen LogP contribution in [0, 0.1) is 11.7 Å². The number of nitrogens with one attached hydrogen (secondary N) is 1. The molecule has 0 aromatic heterocycles. The second-order valence-electron chi connectivity index (χ2n) is 5.88. The lowest BCUT2D eigenvalue weighted by Crippen LogP contribution is -2.39. The van der Waals surface area contributed by atoms with Gasteiger partial charge in [0.25, 0.3) is 0 Å². The molecule has 1 aliphatic carbocycles. The molecule has 1 unspecified atom stereocenters. The van der Waals surface area contributed by atoms with Gasteiger partial charge in [-0.2, -0.15) is 0 Å². The van der Waals surface area contributed by atoms with Crippen LogP contribution < -0.4 is 5.32 Å². The Hall–Kier alpha value is -1.23. The third-order valence-electron chi connectivity index (χ3n) is 3.91. The number of hydrogen-bond acceptors (Lipinski definition) is 2. The first kappa shape index (κ1) is 16.1. The van der Waals surface area contributed by atoms with Crippen LogP contribution in [0.15, 0.2) is 24.3 Å². The fourth-order valence-corrected chi connectivity index (χ4v) is 3.68. The van der Waals surface area contributed by atoms with Gasteiger partial charge in [0.1, 0.15) is 11.6 Å². The van der Waals surface area contributed by atoms with Crippen molar-refractivity contribution in [3.05, 3.63) is 35.6 Å². The third-order valence-corrected chi connectivity index (χ3v) is 5.15. The predicted octanol–water partition coefficient (Wildman–Crippen LogP) is 2.77. The fourth-order valence-electron chi connectivity index (χ4n) is 2.64. The Morgan fingerprint density at radius 2 is 1.86 bits per heavy atom. The second kappa shape index (κ2) is 7.69. The van der Waals surface area contributed by atoms with Crippen molar-refractivity contribution in [3.63, 3.8) is 0 Å². The predicted molar refractivity (Wildman–Crippen MR) is 82.7 cm³/mol. The van der Waals surface area contributed by atoms with E-state index < -0.39 is 10.8 Å². The summed E-state index contributed by atoms with van der Waals surface area (Å²) in [4.78, 5) is 11.9. The molecule has 0 heterocycles. The quantitative estimate of drug-likeness (QED) is 0.909. The first-order valence-corrected chi connectivity index (χ1v) is 8.90. The highest BCUT2D eigenvalue weighted by molar-refractivity contribution is 7.84. The monoisotopic (exact) mass is 311 g/mol. The minimum Gasteiger partial charge on any atom is -0.353 e. The zero-order valence-corrected chi connectivity index (χ0v) is 13.1. The van der Waals surface area contributed by atoms with Crippen molar-refractivity contribution in [3.8, 4) is 0 Å². The Morgan fingerprint density at radius 3 is 2.48 bits per heavy atom. The molecule has 1 saturated carbocycles. The average Bonchev–Trinajstić information content (AvgIpc) is 2.44. The lowest BCUT2D eigenvalue weighted by atomic mass is 9.87. The van der Waals surface area contributed by atoms with Crippen LogP contribution in [-0.2, 0) is 21.3 Å². The van der Waals surface area contributed by atoms with Crippen LogP contribution in [0.4, 0.5) is 4.39 Å². The Morgan fingerprint density at radius 1 is 1.24 bits per heavy atom. The van der Waals surface area contributed by atoms with E-state index in [2.05, 4.69) is 12.2 Å². The Kier molecular flexibility index (Phi) is 5.91. The van der Waals surface area contributed by atoms with Gasteiger partial charge >= 0.3 is 0 Å². The molecule has 1 fully saturated rings. The first-order valence-electron chi connectivity index (χ1n) is 7.41. The molecule has 0 aliphatic heterocycles. The summed E-state index contributed by atoms with van der Waals surface area (Å²) in [5, 5.41) is 2.97. The SMILES string of the molecule is CC1CCC(NC(=O)CS(=O)Cc2ccc(F)cc2)CC1. The molecule has 0 spiro atoms. The van der Waals surface area contributed by atoms with Crippen LogP contribution in [-0.4, -0.2) is 21.9 Å². The highest BCUT2D eigenvalue weighted by Gasteiger charge is 2.20. The van der Waals surface area contributed by atoms with Crippen molar-refractivity contribution in [2.45, 2.75) is 44.4 Å². The van der Waals surface area contributed by atoms with E-state index in [9.17, 15) is 13.4 Å². The standard InChI is InChI=1S/C16H22FNO2S/c1-12-2-8-15(9-3-12)18-16(19)11-21(20)10-13-4-6-14(17)7-5-13/h4-7,12,15H,2-3,8-11H2,1H3,(H,18,19). The maximum Gasteiger partial charge on any atom is 0.232 e. The smallest absolute Gasteiger partial charge is 0.232 e. The van der Waals surface area contributed by atoms with Crippen molar-refractivity contribution >= 4 is 16.7 Å². The summed E-state index contributed by atoms with van der Waals surface area (Å²) in [6, 6.07) is 6.13. The number of hydrogen-bond donors (Lipinski definition) is 1. The molecule has 21 heavy (non-hydrogen) atoms. The van der Waals surface area contributed by atoms with Gasteiger partial charge in [0.05, 0.1) is 0 Å². The summed E-state index contributed by atoms with van der Waals surface area (Å²) in [6.45, 7) is 2.23. The molecule has 1 aromatic rings. The number of carbonyl (C=O) groups excluding carboxylic acids is 1. The van der Waals surface area contributed by atoms with Gasteiger partial charge in [0, 0.05) is 22.6 Å². The van der Waals surface area contributed by atoms with Crippen molar-refractivity contribution in [2.24, 2.45) is 5.92 Å². The summed E-state index contributed by atoms with van der Waals surface area (Å²) < 4.78 is 24.7. The molecule has 1 aliphatic rings. The molecule has 1 N–H and O–H groups in total. The van der Waals surface area contributed by atoms with E-state index in [1.807, 2.05) is 0 Å². The van der Waals surface area contributed by atoms with E-state index in [-0.39, 0.29) is 29.3 Å². The van der Waals surface area contributed by atoms with E-state index >= 15 is 0 Å². The third kappa shape index (κ3) is 5.58. The molecule has 5 heteroatoms. The summed E-state index contributed by atoms with van der Waals surface area (Å²) in [6.07, 6.45) is 4.31. The van der Waals surface area contributed by atoms with Gasteiger partial charge < -0.3 is 5.32 Å². The minimum absolute atomic E-state index is 0.0173. The highest BCUT2D eigenvalue weighted by atomic mass is 32.2. The van der Waals surface area contributed by atoms with E-state index in [0.717, 1.165) is 37.2 Å². The Balaban J connectivity index is 1.74. The van der Waals surface area contributed by atoms with Crippen LogP contribution in [0.25, 0.3) is 0 Å². The van der Waals surface area contributed by atoms with Crippen molar-refractivity contribution in [1.29, 1.82) is 0 Å².